The van der Waals surface area contributed by atoms with Crippen LogP contribution >= 0.6 is 0 Å². The van der Waals surface area contributed by atoms with Gasteiger partial charge in [-0.15, -0.1) is 0 Å². The monoisotopic (exact) mass is 281 g/mol. The quantitative estimate of drug-likeness (QED) is 0.623. The van der Waals surface area contributed by atoms with Crippen molar-refractivity contribution in [2.45, 2.75) is 0 Å². The number of rotatable bonds is 1. The van der Waals surface area contributed by atoms with Crippen molar-refractivity contribution in [2.24, 2.45) is 5.84 Å². The molecule has 2 aromatic heterocycles. The molecule has 104 valence electrons. The lowest BCUT2D eigenvalue weighted by atomic mass is 10.3. The number of aromatic nitrogens is 4. The van der Waals surface area contributed by atoms with E-state index < -0.39 is 0 Å². The van der Waals surface area contributed by atoms with E-state index in [9.17, 15) is 4.79 Å². The van der Waals surface area contributed by atoms with Crippen molar-refractivity contribution in [2.75, 3.05) is 10.4 Å². The largest absolute Gasteiger partial charge is 0.294 e. The lowest BCUT2D eigenvalue weighted by molar-refractivity contribution is 0.795. The molecule has 4 rings (SSSR count). The molecule has 0 amide bonds. The highest BCUT2D eigenvalue weighted by Crippen LogP contribution is 2.17. The van der Waals surface area contributed by atoms with Gasteiger partial charge in [0.2, 0.25) is 5.95 Å². The number of hydrogen-bond donors (Lipinski definition) is 2. The zero-order chi connectivity index (χ0) is 14.4. The number of hydrogen-bond acceptors (Lipinski definition) is 6. The third-order valence-corrected chi connectivity index (χ3v) is 3.25. The fraction of sp³-hybridized carbons (Fsp3) is 0. The third-order valence-electron chi connectivity index (χ3n) is 3.25. The molecule has 0 unspecified atom stereocenters. The Hall–Kier alpha value is -3.13. The number of benzene rings is 1. The first-order valence-corrected chi connectivity index (χ1v) is 6.29. The molecule has 0 saturated carbocycles. The molecule has 1 aromatic carbocycles. The van der Waals surface area contributed by atoms with Crippen molar-refractivity contribution in [3.63, 3.8) is 0 Å². The van der Waals surface area contributed by atoms with Gasteiger partial charge in [-0.05, 0) is 12.1 Å². The number of anilines is 1. The molecule has 0 radical (unpaired) electrons. The predicted molar refractivity (Wildman–Crippen MR) is 78.3 cm³/mol. The van der Waals surface area contributed by atoms with Gasteiger partial charge in [-0.25, -0.2) is 10.5 Å². The number of nitrogens with two attached hydrogens (primary N) is 1. The summed E-state index contributed by atoms with van der Waals surface area (Å²) < 4.78 is 2.89. The van der Waals surface area contributed by atoms with Crippen LogP contribution in [0.3, 0.4) is 0 Å². The van der Waals surface area contributed by atoms with Crippen molar-refractivity contribution in [3.05, 3.63) is 59.3 Å². The molecule has 1 aliphatic rings. The average molecular weight is 281 g/mol. The summed E-state index contributed by atoms with van der Waals surface area (Å²) in [6.07, 6.45) is 4.65. The van der Waals surface area contributed by atoms with Crippen LogP contribution in [0.2, 0.25) is 0 Å². The van der Waals surface area contributed by atoms with Crippen LogP contribution in [0.4, 0.5) is 5.95 Å². The van der Waals surface area contributed by atoms with Crippen LogP contribution in [0.25, 0.3) is 16.7 Å². The molecule has 0 bridgehead atoms. The maximum absolute atomic E-state index is 12.5. The van der Waals surface area contributed by atoms with Gasteiger partial charge in [-0.1, -0.05) is 18.2 Å². The Morgan fingerprint density at radius 2 is 2.00 bits per heavy atom. The minimum Gasteiger partial charge on any atom is -0.294 e. The summed E-state index contributed by atoms with van der Waals surface area (Å²) in [5.74, 6) is 6.12. The highest BCUT2D eigenvalue weighted by atomic mass is 16.1. The van der Waals surface area contributed by atoms with Crippen LogP contribution in [-0.4, -0.2) is 19.4 Å². The van der Waals surface area contributed by atoms with E-state index in [2.05, 4.69) is 15.5 Å². The van der Waals surface area contributed by atoms with Crippen LogP contribution < -0.4 is 21.8 Å². The third kappa shape index (κ3) is 1.63. The van der Waals surface area contributed by atoms with E-state index in [0.29, 0.717) is 17.0 Å². The Morgan fingerprint density at radius 1 is 1.19 bits per heavy atom. The van der Waals surface area contributed by atoms with Crippen molar-refractivity contribution >= 4 is 17.0 Å². The molecule has 8 nitrogen and oxygen atoms in total. The number of hydrazine groups is 1. The average Bonchev–Trinajstić information content (AvgIpc) is 2.94. The lowest BCUT2D eigenvalue weighted by Crippen LogP contribution is -2.40. The summed E-state index contributed by atoms with van der Waals surface area (Å²) in [6, 6.07) is 9.49. The molecule has 3 heterocycles. The maximum atomic E-state index is 12.5. The first-order valence-electron chi connectivity index (χ1n) is 6.29. The summed E-state index contributed by atoms with van der Waals surface area (Å²) in [7, 11) is 0. The van der Waals surface area contributed by atoms with Crippen molar-refractivity contribution in [1.29, 1.82) is 0 Å². The second-order valence-corrected chi connectivity index (χ2v) is 4.53. The SMILES string of the molecule is NN1C=CNn2c1nc1c(cnn1-c1ccccc1)c2=O. The van der Waals surface area contributed by atoms with Gasteiger partial charge in [-0.3, -0.25) is 15.2 Å². The normalized spacial score (nSPS) is 13.3. The zero-order valence-corrected chi connectivity index (χ0v) is 10.8. The van der Waals surface area contributed by atoms with Gasteiger partial charge in [0.1, 0.15) is 5.39 Å². The molecule has 0 saturated heterocycles. The molecular formula is C13H11N7O. The van der Waals surface area contributed by atoms with Crippen LogP contribution in [0.1, 0.15) is 0 Å². The number of fused-ring (bicyclic) bond motifs is 2. The summed E-state index contributed by atoms with van der Waals surface area (Å²) in [5.41, 5.74) is 3.84. The lowest BCUT2D eigenvalue weighted by Gasteiger charge is -2.21. The van der Waals surface area contributed by atoms with Crippen molar-refractivity contribution in [3.8, 4) is 5.69 Å². The molecule has 21 heavy (non-hydrogen) atoms. The van der Waals surface area contributed by atoms with Gasteiger partial charge in [-0.2, -0.15) is 14.8 Å². The summed E-state index contributed by atoms with van der Waals surface area (Å²) in [6.45, 7) is 0. The Balaban J connectivity index is 2.04. The van der Waals surface area contributed by atoms with E-state index in [1.54, 1.807) is 17.1 Å². The van der Waals surface area contributed by atoms with Crippen LogP contribution in [0, 0.1) is 0 Å². The Labute approximate surface area is 118 Å². The second-order valence-electron chi connectivity index (χ2n) is 4.53. The van der Waals surface area contributed by atoms with Crippen LogP contribution in [0.5, 0.6) is 0 Å². The van der Waals surface area contributed by atoms with Gasteiger partial charge in [0, 0.05) is 12.4 Å². The zero-order valence-electron chi connectivity index (χ0n) is 10.8. The molecule has 0 atom stereocenters. The van der Waals surface area contributed by atoms with Gasteiger partial charge in [0.25, 0.3) is 5.56 Å². The minimum atomic E-state index is -0.253. The second kappa shape index (κ2) is 4.18. The predicted octanol–water partition coefficient (Wildman–Crippen LogP) is 0.291. The highest BCUT2D eigenvalue weighted by Gasteiger charge is 2.19. The molecule has 3 N–H and O–H groups in total. The summed E-state index contributed by atoms with van der Waals surface area (Å²) in [5, 5.41) is 5.95. The van der Waals surface area contributed by atoms with E-state index >= 15 is 0 Å². The first kappa shape index (κ1) is 11.7. The fourth-order valence-electron chi connectivity index (χ4n) is 2.26. The molecule has 0 aliphatic carbocycles. The topological polar surface area (TPSA) is 94.0 Å². The molecule has 0 fully saturated rings. The van der Waals surface area contributed by atoms with Gasteiger partial charge in [0.15, 0.2) is 5.65 Å². The molecule has 1 aliphatic heterocycles. The van der Waals surface area contributed by atoms with Crippen LogP contribution in [-0.2, 0) is 0 Å². The molecule has 8 heteroatoms. The molecular weight excluding hydrogens is 270 g/mol. The first-order chi connectivity index (χ1) is 10.3. The van der Waals surface area contributed by atoms with E-state index in [1.807, 2.05) is 30.3 Å². The van der Waals surface area contributed by atoms with E-state index in [1.165, 1.54) is 15.9 Å². The van der Waals surface area contributed by atoms with Crippen LogP contribution in [0.15, 0.2) is 53.7 Å². The van der Waals surface area contributed by atoms with Crippen molar-refractivity contribution in [1.82, 2.24) is 19.4 Å². The number of nitrogens with one attached hydrogen (secondary N) is 1. The molecule has 3 aromatic rings. The number of para-hydroxylation sites is 1. The Kier molecular flexibility index (Phi) is 2.33. The minimum absolute atomic E-state index is 0.253. The van der Waals surface area contributed by atoms with Crippen molar-refractivity contribution < 1.29 is 0 Å². The standard InChI is InChI=1S/C13H11N7O/c14-18-7-6-15-20-12(21)10-8-16-19(11(10)17-13(18)20)9-4-2-1-3-5-9/h1-8,15H,14H2. The Bertz CT molecular complexity index is 909. The molecule has 0 spiro atoms. The smallest absolute Gasteiger partial charge is 0.285 e. The van der Waals surface area contributed by atoms with Gasteiger partial charge in [0.05, 0.1) is 11.9 Å². The van der Waals surface area contributed by atoms with E-state index in [0.717, 1.165) is 5.69 Å². The Morgan fingerprint density at radius 3 is 2.81 bits per heavy atom. The fourth-order valence-corrected chi connectivity index (χ4v) is 2.26. The number of nitrogens with zero attached hydrogens (tertiary/aromatic N) is 5. The highest BCUT2D eigenvalue weighted by molar-refractivity contribution is 5.77. The van der Waals surface area contributed by atoms with Gasteiger partial charge < -0.3 is 0 Å². The van der Waals surface area contributed by atoms with E-state index in [4.69, 9.17) is 5.84 Å². The summed E-state index contributed by atoms with van der Waals surface area (Å²) >= 11 is 0. The van der Waals surface area contributed by atoms with E-state index in [-0.39, 0.29) is 5.56 Å². The summed E-state index contributed by atoms with van der Waals surface area (Å²) in [4.78, 5) is 16.9. The van der Waals surface area contributed by atoms with Gasteiger partial charge >= 0.3 is 0 Å². The maximum Gasteiger partial charge on any atom is 0.285 e.